The SMILES string of the molecule is CCCn1nncc1C(O)C1CC1(C)C. The zero-order valence-corrected chi connectivity index (χ0v) is 9.64. The molecule has 1 aromatic rings. The largest absolute Gasteiger partial charge is 0.386 e. The first-order valence-electron chi connectivity index (χ1n) is 5.62. The van der Waals surface area contributed by atoms with E-state index in [4.69, 9.17) is 0 Å². The number of aryl methyl sites for hydroxylation is 1. The van der Waals surface area contributed by atoms with E-state index in [9.17, 15) is 5.11 Å². The van der Waals surface area contributed by atoms with Crippen molar-refractivity contribution in [1.82, 2.24) is 15.0 Å². The highest BCUT2D eigenvalue weighted by Gasteiger charge is 2.51. The number of hydrogen-bond donors (Lipinski definition) is 1. The minimum Gasteiger partial charge on any atom is -0.386 e. The lowest BCUT2D eigenvalue weighted by Crippen LogP contribution is -2.12. The van der Waals surface area contributed by atoms with Gasteiger partial charge in [-0.2, -0.15) is 0 Å². The van der Waals surface area contributed by atoms with Crippen LogP contribution in [0.3, 0.4) is 0 Å². The first-order chi connectivity index (χ1) is 7.06. The van der Waals surface area contributed by atoms with E-state index in [0.717, 1.165) is 25.1 Å². The molecule has 1 heterocycles. The molecule has 0 aromatic carbocycles. The van der Waals surface area contributed by atoms with Crippen LogP contribution in [-0.2, 0) is 6.54 Å². The molecule has 1 N–H and O–H groups in total. The molecule has 2 rings (SSSR count). The molecule has 0 spiro atoms. The van der Waals surface area contributed by atoms with Gasteiger partial charge in [0.2, 0.25) is 0 Å². The average molecular weight is 209 g/mol. The normalized spacial score (nSPS) is 25.2. The van der Waals surface area contributed by atoms with Crippen LogP contribution >= 0.6 is 0 Å². The molecule has 0 aliphatic heterocycles. The molecule has 0 amide bonds. The second kappa shape index (κ2) is 3.59. The number of aliphatic hydroxyl groups is 1. The van der Waals surface area contributed by atoms with Crippen LogP contribution in [0.15, 0.2) is 6.20 Å². The van der Waals surface area contributed by atoms with Gasteiger partial charge in [-0.25, -0.2) is 4.68 Å². The van der Waals surface area contributed by atoms with E-state index in [1.807, 2.05) is 4.68 Å². The lowest BCUT2D eigenvalue weighted by atomic mass is 10.0. The van der Waals surface area contributed by atoms with Gasteiger partial charge < -0.3 is 5.11 Å². The fourth-order valence-corrected chi connectivity index (χ4v) is 2.13. The molecule has 1 fully saturated rings. The molecule has 0 bridgehead atoms. The van der Waals surface area contributed by atoms with E-state index in [0.29, 0.717) is 5.92 Å². The molecule has 1 aliphatic rings. The lowest BCUT2D eigenvalue weighted by Gasteiger charge is -2.13. The Kier molecular flexibility index (Phi) is 2.54. The van der Waals surface area contributed by atoms with Gasteiger partial charge in [-0.05, 0) is 24.2 Å². The summed E-state index contributed by atoms with van der Waals surface area (Å²) in [5.74, 6) is 0.367. The summed E-state index contributed by atoms with van der Waals surface area (Å²) in [4.78, 5) is 0. The average Bonchev–Trinajstić information content (AvgIpc) is 2.63. The highest BCUT2D eigenvalue weighted by atomic mass is 16.3. The molecule has 4 heteroatoms. The van der Waals surface area contributed by atoms with Gasteiger partial charge in [0.15, 0.2) is 0 Å². The van der Waals surface area contributed by atoms with Crippen molar-refractivity contribution >= 4 is 0 Å². The van der Waals surface area contributed by atoms with E-state index < -0.39 is 6.10 Å². The van der Waals surface area contributed by atoms with Crippen LogP contribution in [0.2, 0.25) is 0 Å². The standard InChI is InChI=1S/C11H19N3O/c1-4-5-14-9(7-12-13-14)10(15)8-6-11(8,2)3/h7-8,10,15H,4-6H2,1-3H3. The molecule has 4 nitrogen and oxygen atoms in total. The first-order valence-corrected chi connectivity index (χ1v) is 5.62. The highest BCUT2D eigenvalue weighted by molar-refractivity contribution is 5.10. The van der Waals surface area contributed by atoms with Gasteiger partial charge in [0.05, 0.1) is 11.9 Å². The van der Waals surface area contributed by atoms with Crippen LogP contribution in [0, 0.1) is 11.3 Å². The van der Waals surface area contributed by atoms with E-state index >= 15 is 0 Å². The summed E-state index contributed by atoms with van der Waals surface area (Å²) in [7, 11) is 0. The fourth-order valence-electron chi connectivity index (χ4n) is 2.13. The molecule has 2 atom stereocenters. The smallest absolute Gasteiger partial charge is 0.101 e. The molecular weight excluding hydrogens is 190 g/mol. The maximum Gasteiger partial charge on any atom is 0.101 e. The van der Waals surface area contributed by atoms with Crippen molar-refractivity contribution in [2.24, 2.45) is 11.3 Å². The summed E-state index contributed by atoms with van der Waals surface area (Å²) >= 11 is 0. The third-order valence-corrected chi connectivity index (χ3v) is 3.36. The molecule has 1 aromatic heterocycles. The number of nitrogens with zero attached hydrogens (tertiary/aromatic N) is 3. The second-order valence-corrected chi connectivity index (χ2v) is 5.13. The van der Waals surface area contributed by atoms with Crippen molar-refractivity contribution in [2.75, 3.05) is 0 Å². The predicted molar refractivity (Wildman–Crippen MR) is 57.2 cm³/mol. The Labute approximate surface area is 90.3 Å². The molecule has 0 radical (unpaired) electrons. The minimum absolute atomic E-state index is 0.279. The predicted octanol–water partition coefficient (Wildman–Crippen LogP) is 1.77. The molecular formula is C11H19N3O. The molecule has 0 saturated heterocycles. The lowest BCUT2D eigenvalue weighted by molar-refractivity contribution is 0.128. The fraction of sp³-hybridized carbons (Fsp3) is 0.818. The summed E-state index contributed by atoms with van der Waals surface area (Å²) in [5.41, 5.74) is 1.15. The van der Waals surface area contributed by atoms with Gasteiger partial charge in [0, 0.05) is 6.54 Å². The Hall–Kier alpha value is -0.900. The van der Waals surface area contributed by atoms with E-state index in [1.54, 1.807) is 6.20 Å². The van der Waals surface area contributed by atoms with Crippen LogP contribution in [0.1, 0.15) is 45.4 Å². The van der Waals surface area contributed by atoms with Crippen molar-refractivity contribution in [1.29, 1.82) is 0 Å². The van der Waals surface area contributed by atoms with Crippen molar-refractivity contribution in [2.45, 2.75) is 46.3 Å². The summed E-state index contributed by atoms with van der Waals surface area (Å²) in [5, 5.41) is 18.1. The monoisotopic (exact) mass is 209 g/mol. The van der Waals surface area contributed by atoms with Crippen LogP contribution in [0.5, 0.6) is 0 Å². The van der Waals surface area contributed by atoms with E-state index in [2.05, 4.69) is 31.1 Å². The van der Waals surface area contributed by atoms with Crippen LogP contribution in [-0.4, -0.2) is 20.1 Å². The van der Waals surface area contributed by atoms with Crippen LogP contribution < -0.4 is 0 Å². The second-order valence-electron chi connectivity index (χ2n) is 5.13. The van der Waals surface area contributed by atoms with Gasteiger partial charge >= 0.3 is 0 Å². The van der Waals surface area contributed by atoms with Crippen molar-refractivity contribution in [3.8, 4) is 0 Å². The maximum absolute atomic E-state index is 10.2. The molecule has 1 aliphatic carbocycles. The number of aliphatic hydroxyl groups excluding tert-OH is 1. The van der Waals surface area contributed by atoms with Crippen LogP contribution in [0.25, 0.3) is 0 Å². The van der Waals surface area contributed by atoms with Gasteiger partial charge in [-0.3, -0.25) is 0 Å². The van der Waals surface area contributed by atoms with Crippen molar-refractivity contribution in [3.63, 3.8) is 0 Å². The summed E-state index contributed by atoms with van der Waals surface area (Å²) < 4.78 is 1.82. The summed E-state index contributed by atoms with van der Waals surface area (Å²) in [6.07, 6.45) is 3.39. The van der Waals surface area contributed by atoms with Gasteiger partial charge in [0.25, 0.3) is 0 Å². The van der Waals surface area contributed by atoms with Gasteiger partial charge in [-0.1, -0.05) is 26.0 Å². The van der Waals surface area contributed by atoms with Gasteiger partial charge in [0.1, 0.15) is 6.10 Å². The third-order valence-electron chi connectivity index (χ3n) is 3.36. The Balaban J connectivity index is 2.12. The Bertz CT molecular complexity index is 345. The zero-order valence-electron chi connectivity index (χ0n) is 9.64. The minimum atomic E-state index is -0.401. The Morgan fingerprint density at radius 3 is 2.87 bits per heavy atom. The zero-order chi connectivity index (χ0) is 11.1. The van der Waals surface area contributed by atoms with Crippen molar-refractivity contribution < 1.29 is 5.11 Å². The summed E-state index contributed by atoms with van der Waals surface area (Å²) in [6.45, 7) is 7.31. The summed E-state index contributed by atoms with van der Waals surface area (Å²) in [6, 6.07) is 0. The number of aromatic nitrogens is 3. The van der Waals surface area contributed by atoms with Crippen LogP contribution in [0.4, 0.5) is 0 Å². The third kappa shape index (κ3) is 1.91. The molecule has 2 unspecified atom stereocenters. The molecule has 15 heavy (non-hydrogen) atoms. The topological polar surface area (TPSA) is 50.9 Å². The Morgan fingerprint density at radius 1 is 1.67 bits per heavy atom. The van der Waals surface area contributed by atoms with Crippen molar-refractivity contribution in [3.05, 3.63) is 11.9 Å². The molecule has 1 saturated carbocycles. The Morgan fingerprint density at radius 2 is 2.33 bits per heavy atom. The highest BCUT2D eigenvalue weighted by Crippen LogP contribution is 2.57. The number of rotatable bonds is 4. The van der Waals surface area contributed by atoms with Gasteiger partial charge in [-0.15, -0.1) is 5.10 Å². The molecule has 84 valence electrons. The number of hydrogen-bond acceptors (Lipinski definition) is 3. The maximum atomic E-state index is 10.2. The van der Waals surface area contributed by atoms with E-state index in [1.165, 1.54) is 0 Å². The van der Waals surface area contributed by atoms with E-state index in [-0.39, 0.29) is 5.41 Å². The quantitative estimate of drug-likeness (QED) is 0.822. The first kappa shape index (κ1) is 10.6.